The molecule has 0 saturated heterocycles. The normalized spacial score (nSPS) is 20.2. The number of carbonyl (C=O) groups excluding carboxylic acids is 1. The minimum atomic E-state index is -0.123. The topological polar surface area (TPSA) is 50.4 Å². The largest absolute Gasteiger partial charge is 0.385 e. The molecule has 1 saturated carbocycles. The summed E-state index contributed by atoms with van der Waals surface area (Å²) in [5.41, 5.74) is 0. The fourth-order valence-electron chi connectivity index (χ4n) is 2.28. The Balaban J connectivity index is 2.20. The van der Waals surface area contributed by atoms with Crippen molar-refractivity contribution in [1.82, 2.24) is 10.6 Å². The summed E-state index contributed by atoms with van der Waals surface area (Å²) in [7, 11) is 1.70. The van der Waals surface area contributed by atoms with Gasteiger partial charge in [-0.05, 0) is 33.1 Å². The fourth-order valence-corrected chi connectivity index (χ4v) is 2.28. The second kappa shape index (κ2) is 7.67. The van der Waals surface area contributed by atoms with Crippen LogP contribution in [0.25, 0.3) is 0 Å². The molecule has 0 aromatic rings. The Hall–Kier alpha value is -0.610. The van der Waals surface area contributed by atoms with Crippen LogP contribution < -0.4 is 10.6 Å². The number of hydrogen-bond donors (Lipinski definition) is 2. The molecule has 1 amide bonds. The average Bonchev–Trinajstić information content (AvgIpc) is 2.78. The zero-order chi connectivity index (χ0) is 12.7. The van der Waals surface area contributed by atoms with Gasteiger partial charge in [0.1, 0.15) is 0 Å². The maximum Gasteiger partial charge on any atom is 0.237 e. The third-order valence-corrected chi connectivity index (χ3v) is 3.38. The Kier molecular flexibility index (Phi) is 6.52. The number of rotatable bonds is 7. The first-order valence-corrected chi connectivity index (χ1v) is 6.69. The number of carbonyl (C=O) groups is 1. The van der Waals surface area contributed by atoms with E-state index in [-0.39, 0.29) is 11.9 Å². The van der Waals surface area contributed by atoms with Crippen LogP contribution in [0, 0.1) is 0 Å². The number of methoxy groups -OCH3 is 1. The number of nitrogens with one attached hydrogen (secondary N) is 2. The quantitative estimate of drug-likeness (QED) is 0.710. The van der Waals surface area contributed by atoms with E-state index in [1.165, 1.54) is 12.8 Å². The van der Waals surface area contributed by atoms with Crippen LogP contribution in [0.3, 0.4) is 0 Å². The summed E-state index contributed by atoms with van der Waals surface area (Å²) < 4.78 is 5.02. The van der Waals surface area contributed by atoms with Gasteiger partial charge < -0.3 is 15.4 Å². The van der Waals surface area contributed by atoms with Crippen molar-refractivity contribution in [3.63, 3.8) is 0 Å². The molecule has 0 spiro atoms. The van der Waals surface area contributed by atoms with Gasteiger partial charge in [0.15, 0.2) is 0 Å². The summed E-state index contributed by atoms with van der Waals surface area (Å²) in [6, 6.07) is 0.586. The Morgan fingerprint density at radius 1 is 1.35 bits per heavy atom. The zero-order valence-corrected chi connectivity index (χ0v) is 11.3. The van der Waals surface area contributed by atoms with Crippen LogP contribution >= 0.6 is 0 Å². The van der Waals surface area contributed by atoms with E-state index in [1.54, 1.807) is 7.11 Å². The van der Waals surface area contributed by atoms with Crippen LogP contribution in [0.1, 0.15) is 46.0 Å². The highest BCUT2D eigenvalue weighted by atomic mass is 16.5. The lowest BCUT2D eigenvalue weighted by Gasteiger charge is -2.21. The van der Waals surface area contributed by atoms with Crippen molar-refractivity contribution in [2.45, 2.75) is 64.1 Å². The van der Waals surface area contributed by atoms with E-state index in [9.17, 15) is 4.79 Å². The second-order valence-electron chi connectivity index (χ2n) is 5.06. The summed E-state index contributed by atoms with van der Waals surface area (Å²) in [4.78, 5) is 11.9. The van der Waals surface area contributed by atoms with Crippen molar-refractivity contribution in [3.8, 4) is 0 Å². The molecule has 0 aromatic carbocycles. The van der Waals surface area contributed by atoms with Crippen molar-refractivity contribution >= 4 is 5.91 Å². The second-order valence-corrected chi connectivity index (χ2v) is 5.06. The summed E-state index contributed by atoms with van der Waals surface area (Å²) >= 11 is 0. The van der Waals surface area contributed by atoms with Gasteiger partial charge in [-0.25, -0.2) is 0 Å². The van der Waals surface area contributed by atoms with Crippen LogP contribution in [0.2, 0.25) is 0 Å². The monoisotopic (exact) mass is 242 g/mol. The minimum Gasteiger partial charge on any atom is -0.385 e. The molecule has 1 fully saturated rings. The molecule has 0 heterocycles. The van der Waals surface area contributed by atoms with Gasteiger partial charge in [0.25, 0.3) is 0 Å². The lowest BCUT2D eigenvalue weighted by Crippen LogP contribution is -2.48. The lowest BCUT2D eigenvalue weighted by molar-refractivity contribution is -0.123. The summed E-state index contributed by atoms with van der Waals surface area (Å²) in [5.74, 6) is 0.126. The molecule has 4 heteroatoms. The maximum atomic E-state index is 11.9. The van der Waals surface area contributed by atoms with E-state index in [4.69, 9.17) is 4.74 Å². The third-order valence-electron chi connectivity index (χ3n) is 3.38. The van der Waals surface area contributed by atoms with Gasteiger partial charge in [-0.2, -0.15) is 0 Å². The molecule has 4 nitrogen and oxygen atoms in total. The van der Waals surface area contributed by atoms with E-state index in [2.05, 4.69) is 17.6 Å². The van der Waals surface area contributed by atoms with Crippen molar-refractivity contribution in [2.24, 2.45) is 0 Å². The Morgan fingerprint density at radius 2 is 2.00 bits per heavy atom. The van der Waals surface area contributed by atoms with Crippen LogP contribution in [0.4, 0.5) is 0 Å². The Labute approximate surface area is 104 Å². The van der Waals surface area contributed by atoms with E-state index in [0.29, 0.717) is 12.1 Å². The van der Waals surface area contributed by atoms with Crippen molar-refractivity contribution in [2.75, 3.05) is 13.7 Å². The standard InChI is InChI=1S/C13H26N2O2/c1-10(8-9-17-3)14-11(2)13(16)15-12-6-4-5-7-12/h10-12,14H,4-9H2,1-3H3,(H,15,16). The molecule has 0 radical (unpaired) electrons. The third kappa shape index (κ3) is 5.50. The predicted molar refractivity (Wildman–Crippen MR) is 69.0 cm³/mol. The average molecular weight is 242 g/mol. The number of amides is 1. The van der Waals surface area contributed by atoms with Crippen LogP contribution in [0.5, 0.6) is 0 Å². The molecular weight excluding hydrogens is 216 g/mol. The van der Waals surface area contributed by atoms with Gasteiger partial charge in [-0.3, -0.25) is 4.79 Å². The summed E-state index contributed by atoms with van der Waals surface area (Å²) in [5, 5.41) is 6.40. The van der Waals surface area contributed by atoms with Crippen molar-refractivity contribution < 1.29 is 9.53 Å². The van der Waals surface area contributed by atoms with Gasteiger partial charge in [0.05, 0.1) is 6.04 Å². The van der Waals surface area contributed by atoms with Crippen LogP contribution in [0.15, 0.2) is 0 Å². The first-order valence-electron chi connectivity index (χ1n) is 6.69. The maximum absolute atomic E-state index is 11.9. The van der Waals surface area contributed by atoms with E-state index in [0.717, 1.165) is 25.9 Å². The van der Waals surface area contributed by atoms with Gasteiger partial charge >= 0.3 is 0 Å². The van der Waals surface area contributed by atoms with Crippen LogP contribution in [-0.2, 0) is 9.53 Å². The highest BCUT2D eigenvalue weighted by Gasteiger charge is 2.21. The SMILES string of the molecule is COCCC(C)NC(C)C(=O)NC1CCCC1. The van der Waals surface area contributed by atoms with Gasteiger partial charge in [0, 0.05) is 25.8 Å². The summed E-state index contributed by atoms with van der Waals surface area (Å²) in [6.45, 7) is 4.73. The molecule has 1 aliphatic carbocycles. The van der Waals surface area contributed by atoms with E-state index in [1.807, 2.05) is 6.92 Å². The smallest absolute Gasteiger partial charge is 0.237 e. The molecule has 100 valence electrons. The molecular formula is C13H26N2O2. The molecule has 2 N–H and O–H groups in total. The zero-order valence-electron chi connectivity index (χ0n) is 11.3. The number of hydrogen-bond acceptors (Lipinski definition) is 3. The molecule has 2 unspecified atom stereocenters. The number of ether oxygens (including phenoxy) is 1. The first kappa shape index (κ1) is 14.5. The molecule has 17 heavy (non-hydrogen) atoms. The molecule has 2 atom stereocenters. The first-order chi connectivity index (χ1) is 8.13. The van der Waals surface area contributed by atoms with Crippen molar-refractivity contribution in [3.05, 3.63) is 0 Å². The van der Waals surface area contributed by atoms with Gasteiger partial charge in [0.2, 0.25) is 5.91 Å². The Morgan fingerprint density at radius 3 is 2.59 bits per heavy atom. The van der Waals surface area contributed by atoms with Crippen LogP contribution in [-0.4, -0.2) is 37.7 Å². The fraction of sp³-hybridized carbons (Fsp3) is 0.923. The van der Waals surface area contributed by atoms with E-state index < -0.39 is 0 Å². The molecule has 0 aromatic heterocycles. The highest BCUT2D eigenvalue weighted by molar-refractivity contribution is 5.81. The predicted octanol–water partition coefficient (Wildman–Crippen LogP) is 1.45. The highest BCUT2D eigenvalue weighted by Crippen LogP contribution is 2.17. The molecule has 1 rings (SSSR count). The Bertz CT molecular complexity index is 227. The van der Waals surface area contributed by atoms with Gasteiger partial charge in [-0.1, -0.05) is 12.8 Å². The summed E-state index contributed by atoms with van der Waals surface area (Å²) in [6.07, 6.45) is 5.70. The van der Waals surface area contributed by atoms with Crippen molar-refractivity contribution in [1.29, 1.82) is 0 Å². The molecule has 1 aliphatic rings. The lowest BCUT2D eigenvalue weighted by atomic mass is 10.2. The minimum absolute atomic E-state index is 0.123. The van der Waals surface area contributed by atoms with Gasteiger partial charge in [-0.15, -0.1) is 0 Å². The van der Waals surface area contributed by atoms with E-state index >= 15 is 0 Å². The molecule has 0 aliphatic heterocycles. The molecule has 0 bridgehead atoms.